The number of thiazole rings is 1. The van der Waals surface area contributed by atoms with Gasteiger partial charge in [-0.1, -0.05) is 0 Å². The summed E-state index contributed by atoms with van der Waals surface area (Å²) in [5.41, 5.74) is 1.50. The number of hydrogen-bond donors (Lipinski definition) is 1. The highest BCUT2D eigenvalue weighted by Crippen LogP contribution is 2.17. The summed E-state index contributed by atoms with van der Waals surface area (Å²) in [6.45, 7) is 4.42. The Morgan fingerprint density at radius 3 is 2.68 bits per heavy atom. The van der Waals surface area contributed by atoms with Gasteiger partial charge in [-0.2, -0.15) is 0 Å². The molecule has 22 heavy (non-hydrogen) atoms. The number of anilines is 1. The van der Waals surface area contributed by atoms with Crippen LogP contribution in [-0.4, -0.2) is 24.1 Å². The summed E-state index contributed by atoms with van der Waals surface area (Å²) in [5.74, 6) is 0.698. The Balaban J connectivity index is 1.88. The summed E-state index contributed by atoms with van der Waals surface area (Å²) in [6, 6.07) is 7.34. The molecule has 1 aromatic heterocycles. The zero-order valence-electron chi connectivity index (χ0n) is 13.0. The number of amides is 1. The zero-order chi connectivity index (χ0) is 15.9. The van der Waals surface area contributed by atoms with E-state index in [-0.39, 0.29) is 18.4 Å². The second kappa shape index (κ2) is 7.91. The lowest BCUT2D eigenvalue weighted by molar-refractivity contribution is -0.115. The van der Waals surface area contributed by atoms with Crippen LogP contribution in [0.3, 0.4) is 0 Å². The molecule has 0 bridgehead atoms. The van der Waals surface area contributed by atoms with Crippen molar-refractivity contribution in [2.45, 2.75) is 33.0 Å². The Bertz CT molecular complexity index is 608. The summed E-state index contributed by atoms with van der Waals surface area (Å²) in [5, 5.41) is 5.61. The van der Waals surface area contributed by atoms with Crippen molar-refractivity contribution in [1.29, 1.82) is 0 Å². The van der Waals surface area contributed by atoms with Gasteiger partial charge in [0.25, 0.3) is 0 Å². The maximum Gasteiger partial charge on any atom is 0.230 e. The second-order valence-electron chi connectivity index (χ2n) is 5.08. The molecule has 0 radical (unpaired) electrons. The number of ether oxygens (including phenoxy) is 2. The first-order chi connectivity index (χ1) is 10.6. The van der Waals surface area contributed by atoms with E-state index in [9.17, 15) is 4.79 Å². The molecule has 118 valence electrons. The first-order valence-electron chi connectivity index (χ1n) is 7.05. The smallest absolute Gasteiger partial charge is 0.230 e. The Kier molecular flexibility index (Phi) is 5.91. The van der Waals surface area contributed by atoms with Crippen LogP contribution in [0.2, 0.25) is 0 Å². The molecule has 5 nitrogen and oxygen atoms in total. The number of nitrogens with one attached hydrogen (secondary N) is 1. The summed E-state index contributed by atoms with van der Waals surface area (Å²) < 4.78 is 10.6. The third-order valence-corrected chi connectivity index (χ3v) is 3.59. The standard InChI is InChI=1S/C16H20N2O3S/c1-11(2)21-14-6-4-12(5-7-14)17-15(19)8-13-10-22-16(18-13)9-20-3/h4-7,10-11H,8-9H2,1-3H3,(H,17,19). The third-order valence-electron chi connectivity index (χ3n) is 2.72. The molecule has 6 heteroatoms. The van der Waals surface area contributed by atoms with E-state index in [2.05, 4.69) is 10.3 Å². The molecule has 0 aliphatic rings. The largest absolute Gasteiger partial charge is 0.491 e. The van der Waals surface area contributed by atoms with Gasteiger partial charge < -0.3 is 14.8 Å². The lowest BCUT2D eigenvalue weighted by Crippen LogP contribution is -2.14. The molecule has 0 saturated heterocycles. The minimum absolute atomic E-state index is 0.0909. The quantitative estimate of drug-likeness (QED) is 0.850. The van der Waals surface area contributed by atoms with Crippen molar-refractivity contribution in [3.05, 3.63) is 40.3 Å². The van der Waals surface area contributed by atoms with Crippen molar-refractivity contribution in [1.82, 2.24) is 4.98 Å². The van der Waals surface area contributed by atoms with E-state index in [0.29, 0.717) is 6.61 Å². The van der Waals surface area contributed by atoms with E-state index in [4.69, 9.17) is 9.47 Å². The molecule has 0 aliphatic carbocycles. The van der Waals surface area contributed by atoms with Crippen molar-refractivity contribution in [2.24, 2.45) is 0 Å². The zero-order valence-corrected chi connectivity index (χ0v) is 13.8. The summed E-state index contributed by atoms with van der Waals surface area (Å²) >= 11 is 1.50. The van der Waals surface area contributed by atoms with Crippen molar-refractivity contribution in [3.63, 3.8) is 0 Å². The number of benzene rings is 1. The molecular formula is C16H20N2O3S. The summed E-state index contributed by atoms with van der Waals surface area (Å²) in [6.07, 6.45) is 0.385. The number of carbonyl (C=O) groups excluding carboxylic acids is 1. The van der Waals surface area contributed by atoms with Gasteiger partial charge in [0.15, 0.2) is 0 Å². The fourth-order valence-corrected chi connectivity index (χ4v) is 2.64. The van der Waals surface area contributed by atoms with Gasteiger partial charge in [0.1, 0.15) is 10.8 Å². The van der Waals surface area contributed by atoms with E-state index < -0.39 is 0 Å². The Morgan fingerprint density at radius 1 is 1.32 bits per heavy atom. The number of hydrogen-bond acceptors (Lipinski definition) is 5. The molecule has 0 saturated carbocycles. The van der Waals surface area contributed by atoms with Gasteiger partial charge in [-0.25, -0.2) is 4.98 Å². The molecule has 2 aromatic rings. The van der Waals surface area contributed by atoms with Crippen LogP contribution in [0.1, 0.15) is 24.5 Å². The Hall–Kier alpha value is -1.92. The van der Waals surface area contributed by atoms with Crippen molar-refractivity contribution in [2.75, 3.05) is 12.4 Å². The monoisotopic (exact) mass is 320 g/mol. The van der Waals surface area contributed by atoms with Crippen molar-refractivity contribution in [3.8, 4) is 5.75 Å². The lowest BCUT2D eigenvalue weighted by atomic mass is 10.2. The predicted molar refractivity (Wildman–Crippen MR) is 87.4 cm³/mol. The van der Waals surface area contributed by atoms with E-state index >= 15 is 0 Å². The fraction of sp³-hybridized carbons (Fsp3) is 0.375. The van der Waals surface area contributed by atoms with E-state index in [1.807, 2.05) is 43.5 Å². The van der Waals surface area contributed by atoms with Gasteiger partial charge in [0.2, 0.25) is 5.91 Å². The van der Waals surface area contributed by atoms with Crippen LogP contribution in [0.15, 0.2) is 29.6 Å². The minimum atomic E-state index is -0.0909. The topological polar surface area (TPSA) is 60.5 Å². The van der Waals surface area contributed by atoms with Crippen LogP contribution in [0, 0.1) is 0 Å². The molecule has 1 aromatic carbocycles. The number of methoxy groups -OCH3 is 1. The molecule has 0 fully saturated rings. The minimum Gasteiger partial charge on any atom is -0.491 e. The van der Waals surface area contributed by atoms with Crippen LogP contribution in [0.4, 0.5) is 5.69 Å². The van der Waals surface area contributed by atoms with Crippen LogP contribution in [0.25, 0.3) is 0 Å². The molecule has 1 N–H and O–H groups in total. The van der Waals surface area contributed by atoms with Crippen LogP contribution >= 0.6 is 11.3 Å². The second-order valence-corrected chi connectivity index (χ2v) is 6.02. The average molecular weight is 320 g/mol. The number of aromatic nitrogens is 1. The highest BCUT2D eigenvalue weighted by Gasteiger charge is 2.08. The molecule has 0 atom stereocenters. The van der Waals surface area contributed by atoms with E-state index in [1.165, 1.54) is 11.3 Å². The summed E-state index contributed by atoms with van der Waals surface area (Å²) in [4.78, 5) is 16.3. The van der Waals surface area contributed by atoms with Crippen molar-refractivity contribution >= 4 is 22.9 Å². The molecule has 0 spiro atoms. The SMILES string of the molecule is COCc1nc(CC(=O)Nc2ccc(OC(C)C)cc2)cs1. The van der Waals surface area contributed by atoms with E-state index in [1.54, 1.807) is 7.11 Å². The summed E-state index contributed by atoms with van der Waals surface area (Å²) in [7, 11) is 1.63. The Labute approximate surface area is 134 Å². The number of carbonyl (C=O) groups is 1. The third kappa shape index (κ3) is 5.13. The maximum absolute atomic E-state index is 12.0. The average Bonchev–Trinajstić information content (AvgIpc) is 2.88. The van der Waals surface area contributed by atoms with Crippen LogP contribution in [0.5, 0.6) is 5.75 Å². The van der Waals surface area contributed by atoms with Crippen molar-refractivity contribution < 1.29 is 14.3 Å². The molecule has 1 heterocycles. The molecule has 0 unspecified atom stereocenters. The molecule has 2 rings (SSSR count). The number of rotatable bonds is 7. The van der Waals surface area contributed by atoms with Gasteiger partial charge in [-0.15, -0.1) is 11.3 Å². The van der Waals surface area contributed by atoms with E-state index in [0.717, 1.165) is 22.1 Å². The van der Waals surface area contributed by atoms with Gasteiger partial charge in [-0.05, 0) is 38.1 Å². The first-order valence-corrected chi connectivity index (χ1v) is 7.93. The van der Waals surface area contributed by atoms with Gasteiger partial charge in [-0.3, -0.25) is 4.79 Å². The number of nitrogens with zero attached hydrogens (tertiary/aromatic N) is 1. The highest BCUT2D eigenvalue weighted by atomic mass is 32.1. The fourth-order valence-electron chi connectivity index (χ4n) is 1.88. The highest BCUT2D eigenvalue weighted by molar-refractivity contribution is 7.09. The van der Waals surface area contributed by atoms with Gasteiger partial charge in [0, 0.05) is 18.2 Å². The normalized spacial score (nSPS) is 10.7. The lowest BCUT2D eigenvalue weighted by Gasteiger charge is -2.10. The predicted octanol–water partition coefficient (Wildman–Crippen LogP) is 3.26. The molecule has 0 aliphatic heterocycles. The van der Waals surface area contributed by atoms with Gasteiger partial charge >= 0.3 is 0 Å². The first kappa shape index (κ1) is 16.5. The maximum atomic E-state index is 12.0. The Morgan fingerprint density at radius 2 is 2.05 bits per heavy atom. The van der Waals surface area contributed by atoms with Crippen LogP contribution < -0.4 is 10.1 Å². The van der Waals surface area contributed by atoms with Gasteiger partial charge in [0.05, 0.1) is 24.8 Å². The molecule has 1 amide bonds. The molecular weight excluding hydrogens is 300 g/mol. The van der Waals surface area contributed by atoms with Crippen LogP contribution in [-0.2, 0) is 22.6 Å².